The van der Waals surface area contributed by atoms with Gasteiger partial charge in [-0.05, 0) is 19.3 Å². The zero-order chi connectivity index (χ0) is 22.1. The number of carboxylic acids is 2. The second kappa shape index (κ2) is 16.2. The topological polar surface area (TPSA) is 158 Å². The minimum Gasteiger partial charge on any atom is -0.481 e. The van der Waals surface area contributed by atoms with Crippen LogP contribution in [0.3, 0.4) is 0 Å². The Morgan fingerprint density at radius 1 is 0.724 bits per heavy atom. The number of rotatable bonds is 19. The van der Waals surface area contributed by atoms with Crippen LogP contribution in [0.2, 0.25) is 0 Å². The van der Waals surface area contributed by atoms with E-state index in [0.717, 1.165) is 57.8 Å². The number of hydrogen-bond acceptors (Lipinski definition) is 5. The van der Waals surface area contributed by atoms with Crippen molar-refractivity contribution in [3.63, 3.8) is 0 Å². The van der Waals surface area contributed by atoms with E-state index in [4.69, 9.17) is 14.8 Å². The first-order chi connectivity index (χ1) is 13.6. The van der Waals surface area contributed by atoms with Gasteiger partial charge in [0, 0.05) is 12.8 Å². The molecule has 0 spiro atoms. The van der Waals surface area contributed by atoms with Gasteiger partial charge in [0.25, 0.3) is 10.1 Å². The standard InChI is InChI=1S/C19H35NO8S/c21-17(20-16(19(24)25)13-14-18(22)23)12-10-8-6-4-2-1-3-5-7-9-11-15-29(26,27)28/h16H,1-15H2,(H,20,21)(H,22,23)(H,24,25)(H,26,27,28)/t16-/m0/s1. The van der Waals surface area contributed by atoms with E-state index in [9.17, 15) is 22.8 Å². The lowest BCUT2D eigenvalue weighted by Crippen LogP contribution is -2.41. The van der Waals surface area contributed by atoms with Gasteiger partial charge in [0.05, 0.1) is 5.75 Å². The SMILES string of the molecule is O=C(O)CC[C@H](NC(=O)CCCCCCCCCCCCCS(=O)(=O)O)C(=O)O. The van der Waals surface area contributed by atoms with E-state index in [-0.39, 0.29) is 30.9 Å². The third kappa shape index (κ3) is 19.4. The summed E-state index contributed by atoms with van der Waals surface area (Å²) in [6.07, 6.45) is 10.1. The molecule has 9 nitrogen and oxygen atoms in total. The Kier molecular flexibility index (Phi) is 15.2. The van der Waals surface area contributed by atoms with Gasteiger partial charge >= 0.3 is 11.9 Å². The van der Waals surface area contributed by atoms with Crippen LogP contribution in [-0.2, 0) is 24.5 Å². The second-order valence-electron chi connectivity index (χ2n) is 7.32. The molecule has 0 aromatic rings. The number of unbranched alkanes of at least 4 members (excludes halogenated alkanes) is 10. The molecule has 0 fully saturated rings. The third-order valence-electron chi connectivity index (χ3n) is 4.59. The molecular weight excluding hydrogens is 402 g/mol. The average molecular weight is 438 g/mol. The highest BCUT2D eigenvalue weighted by atomic mass is 32.2. The summed E-state index contributed by atoms with van der Waals surface area (Å²) in [5, 5.41) is 20.0. The van der Waals surface area contributed by atoms with E-state index in [1.807, 2.05) is 0 Å². The Bertz CT molecular complexity index is 591. The summed E-state index contributed by atoms with van der Waals surface area (Å²) in [6, 6.07) is -1.16. The van der Waals surface area contributed by atoms with Crippen LogP contribution in [0.5, 0.6) is 0 Å². The molecule has 0 rings (SSSR count). The lowest BCUT2D eigenvalue weighted by molar-refractivity contribution is -0.143. The number of carbonyl (C=O) groups excluding carboxylic acids is 1. The number of nitrogens with one attached hydrogen (secondary N) is 1. The van der Waals surface area contributed by atoms with Gasteiger partial charge < -0.3 is 15.5 Å². The number of aliphatic carboxylic acids is 2. The molecule has 170 valence electrons. The Morgan fingerprint density at radius 2 is 1.17 bits per heavy atom. The molecule has 0 aromatic carbocycles. The van der Waals surface area contributed by atoms with Gasteiger partial charge in [0.2, 0.25) is 5.91 Å². The summed E-state index contributed by atoms with van der Waals surface area (Å²) < 4.78 is 29.7. The molecule has 1 amide bonds. The summed E-state index contributed by atoms with van der Waals surface area (Å²) >= 11 is 0. The molecule has 0 aliphatic rings. The molecule has 0 saturated carbocycles. The van der Waals surface area contributed by atoms with Gasteiger partial charge in [-0.3, -0.25) is 14.1 Å². The van der Waals surface area contributed by atoms with Gasteiger partial charge in [-0.15, -0.1) is 0 Å². The van der Waals surface area contributed by atoms with Crippen molar-refractivity contribution in [2.75, 3.05) is 5.75 Å². The summed E-state index contributed by atoms with van der Waals surface area (Å²) in [4.78, 5) is 33.3. The maximum Gasteiger partial charge on any atom is 0.326 e. The van der Waals surface area contributed by atoms with Crippen LogP contribution in [0.1, 0.15) is 89.9 Å². The number of carbonyl (C=O) groups is 3. The second-order valence-corrected chi connectivity index (χ2v) is 8.89. The summed E-state index contributed by atoms with van der Waals surface area (Å²) in [5.74, 6) is -2.85. The van der Waals surface area contributed by atoms with Crippen LogP contribution in [0, 0.1) is 0 Å². The van der Waals surface area contributed by atoms with E-state index >= 15 is 0 Å². The summed E-state index contributed by atoms with van der Waals surface area (Å²) in [7, 11) is -3.83. The van der Waals surface area contributed by atoms with Gasteiger partial charge in [-0.25, -0.2) is 4.79 Å². The molecule has 10 heteroatoms. The fraction of sp³-hybridized carbons (Fsp3) is 0.842. The summed E-state index contributed by atoms with van der Waals surface area (Å²) in [6.45, 7) is 0. The molecule has 0 aliphatic carbocycles. The van der Waals surface area contributed by atoms with Crippen molar-refractivity contribution in [2.24, 2.45) is 0 Å². The molecule has 0 bridgehead atoms. The van der Waals surface area contributed by atoms with Crippen molar-refractivity contribution >= 4 is 28.0 Å². The lowest BCUT2D eigenvalue weighted by Gasteiger charge is -2.13. The molecular formula is C19H35NO8S. The maximum atomic E-state index is 11.8. The molecule has 0 aromatic heterocycles. The maximum absolute atomic E-state index is 11.8. The molecule has 0 unspecified atom stereocenters. The van der Waals surface area contributed by atoms with E-state index < -0.39 is 28.1 Å². The monoisotopic (exact) mass is 437 g/mol. The van der Waals surface area contributed by atoms with E-state index in [1.165, 1.54) is 0 Å². The highest BCUT2D eigenvalue weighted by Gasteiger charge is 2.20. The molecule has 0 heterocycles. The molecule has 0 radical (unpaired) electrons. The third-order valence-corrected chi connectivity index (χ3v) is 5.39. The van der Waals surface area contributed by atoms with Crippen molar-refractivity contribution in [1.82, 2.24) is 5.32 Å². The minimum absolute atomic E-state index is 0.128. The van der Waals surface area contributed by atoms with E-state index in [2.05, 4.69) is 5.32 Å². The summed E-state index contributed by atoms with van der Waals surface area (Å²) in [5.41, 5.74) is 0. The first kappa shape index (κ1) is 27.3. The predicted molar refractivity (Wildman–Crippen MR) is 108 cm³/mol. The van der Waals surface area contributed by atoms with Gasteiger partial charge in [0.15, 0.2) is 0 Å². The lowest BCUT2D eigenvalue weighted by atomic mass is 10.0. The molecule has 0 aliphatic heterocycles. The fourth-order valence-electron chi connectivity index (χ4n) is 2.95. The zero-order valence-electron chi connectivity index (χ0n) is 17.0. The van der Waals surface area contributed by atoms with Crippen molar-refractivity contribution in [3.05, 3.63) is 0 Å². The van der Waals surface area contributed by atoms with Crippen LogP contribution in [0.25, 0.3) is 0 Å². The van der Waals surface area contributed by atoms with Crippen molar-refractivity contribution in [2.45, 2.75) is 95.9 Å². The fourth-order valence-corrected chi connectivity index (χ4v) is 3.52. The van der Waals surface area contributed by atoms with Crippen molar-refractivity contribution in [3.8, 4) is 0 Å². The highest BCUT2D eigenvalue weighted by molar-refractivity contribution is 7.85. The number of carboxylic acid groups (broad SMARTS) is 2. The Balaban J connectivity index is 3.54. The van der Waals surface area contributed by atoms with Crippen LogP contribution >= 0.6 is 0 Å². The van der Waals surface area contributed by atoms with Crippen LogP contribution in [-0.4, -0.2) is 52.8 Å². The van der Waals surface area contributed by atoms with E-state index in [0.29, 0.717) is 12.8 Å². The smallest absolute Gasteiger partial charge is 0.326 e. The largest absolute Gasteiger partial charge is 0.481 e. The minimum atomic E-state index is -3.83. The van der Waals surface area contributed by atoms with Crippen LogP contribution in [0.4, 0.5) is 0 Å². The zero-order valence-corrected chi connectivity index (χ0v) is 17.8. The van der Waals surface area contributed by atoms with Crippen molar-refractivity contribution in [1.29, 1.82) is 0 Å². The van der Waals surface area contributed by atoms with E-state index in [1.54, 1.807) is 0 Å². The highest BCUT2D eigenvalue weighted by Crippen LogP contribution is 2.12. The van der Waals surface area contributed by atoms with Gasteiger partial charge in [0.1, 0.15) is 6.04 Å². The van der Waals surface area contributed by atoms with Gasteiger partial charge in [-0.1, -0.05) is 57.8 Å². The van der Waals surface area contributed by atoms with Gasteiger partial charge in [-0.2, -0.15) is 8.42 Å². The molecule has 29 heavy (non-hydrogen) atoms. The molecule has 0 saturated heterocycles. The van der Waals surface area contributed by atoms with Crippen LogP contribution < -0.4 is 5.32 Å². The predicted octanol–water partition coefficient (Wildman–Crippen LogP) is 2.99. The quantitative estimate of drug-likeness (QED) is 0.177. The number of amides is 1. The first-order valence-electron chi connectivity index (χ1n) is 10.3. The number of hydrogen-bond donors (Lipinski definition) is 4. The molecule has 1 atom stereocenters. The Hall–Kier alpha value is -1.68. The first-order valence-corrected chi connectivity index (χ1v) is 11.9. The Morgan fingerprint density at radius 3 is 1.59 bits per heavy atom. The van der Waals surface area contributed by atoms with Crippen molar-refractivity contribution < 1.29 is 37.6 Å². The molecule has 4 N–H and O–H groups in total. The normalized spacial score (nSPS) is 12.4. The Labute approximate surface area is 173 Å². The van der Waals surface area contributed by atoms with Crippen LogP contribution in [0.15, 0.2) is 0 Å². The average Bonchev–Trinajstić information content (AvgIpc) is 2.61.